The summed E-state index contributed by atoms with van der Waals surface area (Å²) in [5.74, 6) is 0.752. The van der Waals surface area contributed by atoms with Gasteiger partial charge in [-0.05, 0) is 50.0 Å². The first kappa shape index (κ1) is 21.3. The number of hydrogen-bond acceptors (Lipinski definition) is 4. The van der Waals surface area contributed by atoms with Gasteiger partial charge in [0.2, 0.25) is 11.8 Å². The highest BCUT2D eigenvalue weighted by atomic mass is 32.1. The number of nitrogens with zero attached hydrogens (tertiary/aromatic N) is 2. The van der Waals surface area contributed by atoms with Crippen molar-refractivity contribution in [2.75, 3.05) is 26.2 Å². The lowest BCUT2D eigenvalue weighted by atomic mass is 9.87. The molecular formula is C23H33N3O3S. The first-order valence-corrected chi connectivity index (χ1v) is 12.4. The molecule has 0 aromatic carbocycles. The van der Waals surface area contributed by atoms with Gasteiger partial charge in [-0.3, -0.25) is 14.4 Å². The average molecular weight is 432 g/mol. The minimum absolute atomic E-state index is 0.0145. The van der Waals surface area contributed by atoms with Crippen LogP contribution in [0.1, 0.15) is 67.5 Å². The number of piperidine rings is 2. The van der Waals surface area contributed by atoms with Crippen LogP contribution in [0.2, 0.25) is 0 Å². The third kappa shape index (κ3) is 5.05. The van der Waals surface area contributed by atoms with Crippen molar-refractivity contribution in [3.63, 3.8) is 0 Å². The predicted molar refractivity (Wildman–Crippen MR) is 117 cm³/mol. The van der Waals surface area contributed by atoms with E-state index in [1.807, 2.05) is 27.3 Å². The second-order valence-electron chi connectivity index (χ2n) is 8.99. The Bertz CT molecular complexity index is 729. The molecule has 3 aliphatic rings. The van der Waals surface area contributed by atoms with Crippen molar-refractivity contribution in [2.24, 2.45) is 11.8 Å². The van der Waals surface area contributed by atoms with E-state index in [0.717, 1.165) is 56.5 Å². The Hall–Kier alpha value is -1.89. The molecule has 164 valence electrons. The van der Waals surface area contributed by atoms with Crippen LogP contribution in [-0.4, -0.2) is 59.7 Å². The lowest BCUT2D eigenvalue weighted by Crippen LogP contribution is -2.50. The van der Waals surface area contributed by atoms with Crippen molar-refractivity contribution in [1.29, 1.82) is 0 Å². The molecule has 1 saturated carbocycles. The summed E-state index contributed by atoms with van der Waals surface area (Å²) in [6.45, 7) is 2.80. The number of carbonyl (C=O) groups excluding carboxylic acids is 3. The molecule has 3 fully saturated rings. The van der Waals surface area contributed by atoms with Gasteiger partial charge in [0, 0.05) is 44.1 Å². The van der Waals surface area contributed by atoms with Crippen molar-refractivity contribution in [1.82, 2.24) is 15.1 Å². The minimum Gasteiger partial charge on any atom is -0.353 e. The normalized spacial score (nSPS) is 22.1. The van der Waals surface area contributed by atoms with Crippen molar-refractivity contribution >= 4 is 29.1 Å². The smallest absolute Gasteiger partial charge is 0.263 e. The quantitative estimate of drug-likeness (QED) is 0.795. The summed E-state index contributed by atoms with van der Waals surface area (Å²) in [5.41, 5.74) is 0. The second-order valence-corrected chi connectivity index (χ2v) is 9.93. The van der Waals surface area contributed by atoms with Gasteiger partial charge >= 0.3 is 0 Å². The molecule has 3 heterocycles. The van der Waals surface area contributed by atoms with E-state index in [1.165, 1.54) is 30.6 Å². The van der Waals surface area contributed by atoms with E-state index < -0.39 is 0 Å². The summed E-state index contributed by atoms with van der Waals surface area (Å²) in [6.07, 6.45) is 8.86. The van der Waals surface area contributed by atoms with Gasteiger partial charge in [0.05, 0.1) is 4.88 Å². The molecule has 30 heavy (non-hydrogen) atoms. The standard InChI is InChI=1S/C23H33N3O3S/c27-21(17-8-12-26(13-9-17)23(29)20-7-4-16-30-20)24-19-10-14-25(15-11-19)22(28)18-5-2-1-3-6-18/h4,7,16-19H,1-3,5-6,8-15H2,(H,24,27). The van der Waals surface area contributed by atoms with Gasteiger partial charge < -0.3 is 15.1 Å². The maximum absolute atomic E-state index is 12.7. The van der Waals surface area contributed by atoms with Gasteiger partial charge in [-0.2, -0.15) is 0 Å². The Morgan fingerprint density at radius 2 is 1.50 bits per heavy atom. The molecule has 7 heteroatoms. The molecule has 0 bridgehead atoms. The van der Waals surface area contributed by atoms with E-state index in [1.54, 1.807) is 0 Å². The van der Waals surface area contributed by atoms with Crippen molar-refractivity contribution in [3.05, 3.63) is 22.4 Å². The zero-order chi connectivity index (χ0) is 20.9. The van der Waals surface area contributed by atoms with Gasteiger partial charge in [0.25, 0.3) is 5.91 Å². The zero-order valence-corrected chi connectivity index (χ0v) is 18.5. The van der Waals surface area contributed by atoms with Crippen molar-refractivity contribution in [2.45, 2.75) is 63.8 Å². The number of thiophene rings is 1. The summed E-state index contributed by atoms with van der Waals surface area (Å²) >= 11 is 1.47. The fourth-order valence-corrected chi connectivity index (χ4v) is 5.76. The Kier molecular flexibility index (Phi) is 7.08. The van der Waals surface area contributed by atoms with Crippen LogP contribution in [-0.2, 0) is 9.59 Å². The Morgan fingerprint density at radius 1 is 0.833 bits per heavy atom. The molecule has 3 amide bonds. The van der Waals surface area contributed by atoms with Crippen LogP contribution < -0.4 is 5.32 Å². The Balaban J connectivity index is 1.18. The molecule has 2 saturated heterocycles. The van der Waals surface area contributed by atoms with Gasteiger partial charge in [-0.25, -0.2) is 0 Å². The van der Waals surface area contributed by atoms with E-state index in [9.17, 15) is 14.4 Å². The fourth-order valence-electron chi connectivity index (χ4n) is 5.07. The van der Waals surface area contributed by atoms with Crippen LogP contribution in [0.4, 0.5) is 0 Å². The maximum Gasteiger partial charge on any atom is 0.263 e. The largest absolute Gasteiger partial charge is 0.353 e. The molecule has 0 atom stereocenters. The molecule has 0 unspecified atom stereocenters. The number of carbonyl (C=O) groups is 3. The number of amides is 3. The monoisotopic (exact) mass is 431 g/mol. The molecule has 1 aromatic heterocycles. The Morgan fingerprint density at radius 3 is 2.13 bits per heavy atom. The fraction of sp³-hybridized carbons (Fsp3) is 0.696. The number of rotatable bonds is 4. The van der Waals surface area contributed by atoms with Gasteiger partial charge in [-0.1, -0.05) is 25.3 Å². The van der Waals surface area contributed by atoms with E-state index in [4.69, 9.17) is 0 Å². The lowest BCUT2D eigenvalue weighted by molar-refractivity contribution is -0.137. The van der Waals surface area contributed by atoms with Crippen LogP contribution in [0.15, 0.2) is 17.5 Å². The van der Waals surface area contributed by atoms with Gasteiger partial charge in [0.1, 0.15) is 0 Å². The zero-order valence-electron chi connectivity index (χ0n) is 17.7. The number of hydrogen-bond donors (Lipinski definition) is 1. The average Bonchev–Trinajstić information content (AvgIpc) is 3.34. The third-order valence-corrected chi connectivity index (χ3v) is 7.85. The first-order chi connectivity index (χ1) is 14.6. The molecule has 0 spiro atoms. The van der Waals surface area contributed by atoms with E-state index >= 15 is 0 Å². The second kappa shape index (κ2) is 9.94. The molecule has 0 radical (unpaired) electrons. The minimum atomic E-state index is -0.0145. The predicted octanol–water partition coefficient (Wildman–Crippen LogP) is 3.29. The topological polar surface area (TPSA) is 69.7 Å². The van der Waals surface area contributed by atoms with Crippen LogP contribution in [0.5, 0.6) is 0 Å². The number of nitrogens with one attached hydrogen (secondary N) is 1. The van der Waals surface area contributed by atoms with E-state index in [2.05, 4.69) is 5.32 Å². The SMILES string of the molecule is O=C(NC1CCN(C(=O)C2CCCCC2)CC1)C1CCN(C(=O)c2cccs2)CC1. The highest BCUT2D eigenvalue weighted by Gasteiger charge is 2.32. The van der Waals surface area contributed by atoms with E-state index in [-0.39, 0.29) is 29.7 Å². The summed E-state index contributed by atoms with van der Waals surface area (Å²) in [6, 6.07) is 3.92. The highest BCUT2D eigenvalue weighted by Crippen LogP contribution is 2.27. The molecular weight excluding hydrogens is 398 g/mol. The van der Waals surface area contributed by atoms with Crippen LogP contribution >= 0.6 is 11.3 Å². The highest BCUT2D eigenvalue weighted by molar-refractivity contribution is 7.12. The van der Waals surface area contributed by atoms with Crippen molar-refractivity contribution < 1.29 is 14.4 Å². The van der Waals surface area contributed by atoms with Gasteiger partial charge in [0.15, 0.2) is 0 Å². The third-order valence-electron chi connectivity index (χ3n) is 6.99. The summed E-state index contributed by atoms with van der Waals surface area (Å²) in [5, 5.41) is 5.14. The molecule has 1 N–H and O–H groups in total. The summed E-state index contributed by atoms with van der Waals surface area (Å²) in [4.78, 5) is 42.6. The van der Waals surface area contributed by atoms with Crippen molar-refractivity contribution in [3.8, 4) is 0 Å². The molecule has 1 aliphatic carbocycles. The van der Waals surface area contributed by atoms with Gasteiger partial charge in [-0.15, -0.1) is 11.3 Å². The van der Waals surface area contributed by atoms with Crippen LogP contribution in [0, 0.1) is 11.8 Å². The molecule has 4 rings (SSSR count). The molecule has 6 nitrogen and oxygen atoms in total. The molecule has 2 aliphatic heterocycles. The maximum atomic E-state index is 12.7. The van der Waals surface area contributed by atoms with Crippen LogP contribution in [0.3, 0.4) is 0 Å². The Labute approximate surface area is 183 Å². The molecule has 1 aromatic rings. The van der Waals surface area contributed by atoms with E-state index in [0.29, 0.717) is 19.0 Å². The first-order valence-electron chi connectivity index (χ1n) is 11.5. The van der Waals surface area contributed by atoms with Crippen LogP contribution in [0.25, 0.3) is 0 Å². The lowest BCUT2D eigenvalue weighted by Gasteiger charge is -2.36. The summed E-state index contributed by atoms with van der Waals surface area (Å²) in [7, 11) is 0. The number of likely N-dealkylation sites (tertiary alicyclic amines) is 2. The summed E-state index contributed by atoms with van der Waals surface area (Å²) < 4.78 is 0.